The van der Waals surface area contributed by atoms with Crippen molar-refractivity contribution in [1.29, 1.82) is 0 Å². The molecule has 1 atom stereocenters. The van der Waals surface area contributed by atoms with Gasteiger partial charge in [-0.05, 0) is 44.4 Å². The van der Waals surface area contributed by atoms with E-state index < -0.39 is 11.5 Å². The zero-order valence-corrected chi connectivity index (χ0v) is 12.8. The summed E-state index contributed by atoms with van der Waals surface area (Å²) in [5, 5.41) is 0. The summed E-state index contributed by atoms with van der Waals surface area (Å²) in [6.07, 6.45) is 4.83. The Morgan fingerprint density at radius 2 is 2.00 bits per heavy atom. The lowest BCUT2D eigenvalue weighted by Crippen LogP contribution is -2.34. The number of terminal acetylenes is 1. The SMILES string of the molecule is C#CCOC(c1ccc(C)c(C)c1)C(C)(C)C(=O)OC. The average molecular weight is 274 g/mol. The Kier molecular flexibility index (Phi) is 5.35. The van der Waals surface area contributed by atoms with Crippen LogP contribution in [0.15, 0.2) is 18.2 Å². The van der Waals surface area contributed by atoms with Crippen molar-refractivity contribution >= 4 is 5.97 Å². The molecule has 1 aromatic carbocycles. The van der Waals surface area contributed by atoms with Gasteiger partial charge in [-0.25, -0.2) is 0 Å². The highest BCUT2D eigenvalue weighted by molar-refractivity contribution is 5.77. The van der Waals surface area contributed by atoms with Gasteiger partial charge in [0, 0.05) is 0 Å². The predicted molar refractivity (Wildman–Crippen MR) is 79.2 cm³/mol. The van der Waals surface area contributed by atoms with Crippen LogP contribution < -0.4 is 0 Å². The van der Waals surface area contributed by atoms with Gasteiger partial charge in [-0.3, -0.25) is 4.79 Å². The monoisotopic (exact) mass is 274 g/mol. The van der Waals surface area contributed by atoms with Gasteiger partial charge in [0.1, 0.15) is 6.61 Å². The first-order valence-corrected chi connectivity index (χ1v) is 6.55. The molecule has 0 spiro atoms. The summed E-state index contributed by atoms with van der Waals surface area (Å²) in [5.74, 6) is 2.13. The topological polar surface area (TPSA) is 35.5 Å². The third-order valence-corrected chi connectivity index (χ3v) is 3.53. The largest absolute Gasteiger partial charge is 0.469 e. The van der Waals surface area contributed by atoms with E-state index in [1.807, 2.05) is 32.0 Å². The van der Waals surface area contributed by atoms with Crippen molar-refractivity contribution in [3.8, 4) is 12.3 Å². The molecule has 0 fully saturated rings. The first-order valence-electron chi connectivity index (χ1n) is 6.55. The third-order valence-electron chi connectivity index (χ3n) is 3.53. The van der Waals surface area contributed by atoms with Crippen molar-refractivity contribution in [1.82, 2.24) is 0 Å². The van der Waals surface area contributed by atoms with Gasteiger partial charge in [-0.1, -0.05) is 24.1 Å². The maximum atomic E-state index is 12.0. The van der Waals surface area contributed by atoms with Gasteiger partial charge in [0.05, 0.1) is 18.6 Å². The van der Waals surface area contributed by atoms with E-state index >= 15 is 0 Å². The average Bonchev–Trinajstić information content (AvgIpc) is 2.41. The first-order chi connectivity index (χ1) is 9.34. The van der Waals surface area contributed by atoms with Crippen molar-refractivity contribution in [3.63, 3.8) is 0 Å². The summed E-state index contributed by atoms with van der Waals surface area (Å²) < 4.78 is 10.6. The molecule has 0 radical (unpaired) electrons. The molecule has 0 saturated carbocycles. The van der Waals surface area contributed by atoms with Gasteiger partial charge in [0.2, 0.25) is 0 Å². The van der Waals surface area contributed by atoms with Gasteiger partial charge in [-0.2, -0.15) is 0 Å². The van der Waals surface area contributed by atoms with Crippen LogP contribution in [0.1, 0.15) is 36.6 Å². The molecule has 0 bridgehead atoms. The van der Waals surface area contributed by atoms with Crippen LogP contribution in [0.5, 0.6) is 0 Å². The molecule has 1 rings (SSSR count). The van der Waals surface area contributed by atoms with Crippen LogP contribution in [0.25, 0.3) is 0 Å². The van der Waals surface area contributed by atoms with E-state index in [0.29, 0.717) is 0 Å². The lowest BCUT2D eigenvalue weighted by Gasteiger charge is -2.31. The lowest BCUT2D eigenvalue weighted by atomic mass is 9.81. The summed E-state index contributed by atoms with van der Waals surface area (Å²) >= 11 is 0. The molecule has 3 heteroatoms. The number of rotatable bonds is 5. The normalized spacial score (nSPS) is 12.6. The number of ether oxygens (including phenoxy) is 2. The predicted octanol–water partition coefficient (Wildman–Crippen LogP) is 3.19. The van der Waals surface area contributed by atoms with Crippen molar-refractivity contribution < 1.29 is 14.3 Å². The molecular weight excluding hydrogens is 252 g/mol. The maximum Gasteiger partial charge on any atom is 0.314 e. The molecule has 0 aliphatic carbocycles. The van der Waals surface area contributed by atoms with Crippen LogP contribution in [-0.2, 0) is 14.3 Å². The molecule has 3 nitrogen and oxygen atoms in total. The summed E-state index contributed by atoms with van der Waals surface area (Å²) in [4.78, 5) is 12.0. The second-order valence-corrected chi connectivity index (χ2v) is 5.45. The lowest BCUT2D eigenvalue weighted by molar-refractivity contribution is -0.160. The number of methoxy groups -OCH3 is 1. The van der Waals surface area contributed by atoms with Gasteiger partial charge in [0.15, 0.2) is 0 Å². The van der Waals surface area contributed by atoms with Crippen molar-refractivity contribution in [2.45, 2.75) is 33.8 Å². The minimum absolute atomic E-state index is 0.151. The molecule has 0 N–H and O–H groups in total. The van der Waals surface area contributed by atoms with E-state index in [4.69, 9.17) is 15.9 Å². The quantitative estimate of drug-likeness (QED) is 0.611. The fourth-order valence-electron chi connectivity index (χ4n) is 2.15. The fraction of sp³-hybridized carbons (Fsp3) is 0.471. The summed E-state index contributed by atoms with van der Waals surface area (Å²) in [7, 11) is 1.38. The first kappa shape index (κ1) is 16.3. The number of aryl methyl sites for hydroxylation is 2. The molecular formula is C17H22O3. The van der Waals surface area contributed by atoms with Crippen molar-refractivity contribution in [3.05, 3.63) is 34.9 Å². The molecule has 0 saturated heterocycles. The Bertz CT molecular complexity index is 524. The van der Waals surface area contributed by atoms with E-state index in [2.05, 4.69) is 5.92 Å². The van der Waals surface area contributed by atoms with Crippen LogP contribution in [-0.4, -0.2) is 19.7 Å². The Morgan fingerprint density at radius 3 is 2.50 bits per heavy atom. The van der Waals surface area contributed by atoms with E-state index in [0.717, 1.165) is 11.1 Å². The molecule has 0 heterocycles. The van der Waals surface area contributed by atoms with E-state index in [1.165, 1.54) is 12.7 Å². The highest BCUT2D eigenvalue weighted by atomic mass is 16.5. The standard InChI is InChI=1S/C17H22O3/c1-7-10-20-15(17(4,5)16(18)19-6)14-9-8-12(2)13(3)11-14/h1,8-9,11,15H,10H2,2-6H3. The Labute approximate surface area is 121 Å². The molecule has 0 amide bonds. The maximum absolute atomic E-state index is 12.0. The second kappa shape index (κ2) is 6.58. The summed E-state index contributed by atoms with van der Waals surface area (Å²) in [6.45, 7) is 7.83. The fourth-order valence-corrected chi connectivity index (χ4v) is 2.15. The zero-order valence-electron chi connectivity index (χ0n) is 12.8. The molecule has 108 valence electrons. The minimum atomic E-state index is -0.812. The number of benzene rings is 1. The van der Waals surface area contributed by atoms with Gasteiger partial charge in [-0.15, -0.1) is 6.42 Å². The smallest absolute Gasteiger partial charge is 0.314 e. The number of hydrogen-bond donors (Lipinski definition) is 0. The van der Waals surface area contributed by atoms with Crippen LogP contribution in [0.3, 0.4) is 0 Å². The molecule has 20 heavy (non-hydrogen) atoms. The highest BCUT2D eigenvalue weighted by Gasteiger charge is 2.39. The van der Waals surface area contributed by atoms with Gasteiger partial charge >= 0.3 is 5.97 Å². The van der Waals surface area contributed by atoms with Crippen LogP contribution in [0, 0.1) is 31.6 Å². The Morgan fingerprint density at radius 1 is 1.35 bits per heavy atom. The second-order valence-electron chi connectivity index (χ2n) is 5.45. The number of hydrogen-bond acceptors (Lipinski definition) is 3. The number of carbonyl (C=O) groups is 1. The number of esters is 1. The third kappa shape index (κ3) is 3.40. The molecule has 0 aromatic heterocycles. The van der Waals surface area contributed by atoms with Gasteiger partial charge < -0.3 is 9.47 Å². The Hall–Kier alpha value is -1.79. The van der Waals surface area contributed by atoms with E-state index in [-0.39, 0.29) is 12.6 Å². The van der Waals surface area contributed by atoms with Gasteiger partial charge in [0.25, 0.3) is 0 Å². The van der Waals surface area contributed by atoms with Crippen molar-refractivity contribution in [2.75, 3.05) is 13.7 Å². The zero-order chi connectivity index (χ0) is 15.3. The van der Waals surface area contributed by atoms with Crippen LogP contribution in [0.2, 0.25) is 0 Å². The minimum Gasteiger partial charge on any atom is -0.469 e. The van der Waals surface area contributed by atoms with Crippen LogP contribution >= 0.6 is 0 Å². The molecule has 1 unspecified atom stereocenters. The summed E-state index contributed by atoms with van der Waals surface area (Å²) in [6, 6.07) is 6.01. The summed E-state index contributed by atoms with van der Waals surface area (Å²) in [5.41, 5.74) is 2.46. The molecule has 0 aliphatic heterocycles. The number of carbonyl (C=O) groups excluding carboxylic acids is 1. The highest BCUT2D eigenvalue weighted by Crippen LogP contribution is 2.38. The van der Waals surface area contributed by atoms with Crippen molar-refractivity contribution in [2.24, 2.45) is 5.41 Å². The van der Waals surface area contributed by atoms with Crippen LogP contribution in [0.4, 0.5) is 0 Å². The Balaban J connectivity index is 3.21. The van der Waals surface area contributed by atoms with E-state index in [9.17, 15) is 4.79 Å². The molecule has 0 aliphatic rings. The van der Waals surface area contributed by atoms with E-state index in [1.54, 1.807) is 13.8 Å². The molecule has 1 aromatic rings.